The van der Waals surface area contributed by atoms with Crippen LogP contribution < -0.4 is 9.47 Å². The Morgan fingerprint density at radius 2 is 1.76 bits per heavy atom. The molecule has 0 radical (unpaired) electrons. The van der Waals surface area contributed by atoms with Crippen molar-refractivity contribution in [2.45, 2.75) is 32.3 Å². The van der Waals surface area contributed by atoms with Crippen LogP contribution in [-0.2, 0) is 17.8 Å². The molecule has 5 rings (SSSR count). The molecule has 4 aromatic rings. The number of hydrogen-bond acceptors (Lipinski definition) is 6. The van der Waals surface area contributed by atoms with Gasteiger partial charge in [-0.05, 0) is 42.5 Å². The molecule has 0 N–H and O–H groups in total. The highest BCUT2D eigenvalue weighted by molar-refractivity contribution is 5.99. The number of aromatic nitrogens is 3. The molecule has 1 aliphatic carbocycles. The van der Waals surface area contributed by atoms with Crippen LogP contribution in [0.3, 0.4) is 0 Å². The Kier molecular flexibility index (Phi) is 5.79. The number of hydrogen-bond donors (Lipinski definition) is 0. The molecule has 0 fully saturated rings. The van der Waals surface area contributed by atoms with Crippen LogP contribution in [0, 0.1) is 6.92 Å². The summed E-state index contributed by atoms with van der Waals surface area (Å²) in [6.07, 6.45) is 2.99. The lowest BCUT2D eigenvalue weighted by Gasteiger charge is -2.23. The van der Waals surface area contributed by atoms with E-state index in [1.807, 2.05) is 24.4 Å². The predicted octanol–water partition coefficient (Wildman–Crippen LogP) is 4.78. The maximum Gasteiger partial charge on any atom is 0.166 e. The highest BCUT2D eigenvalue weighted by Crippen LogP contribution is 2.37. The van der Waals surface area contributed by atoms with Crippen LogP contribution in [0.4, 0.5) is 0 Å². The average Bonchev–Trinajstić information content (AvgIpc) is 3.20. The summed E-state index contributed by atoms with van der Waals surface area (Å²) < 4.78 is 18.0. The van der Waals surface area contributed by atoms with Crippen molar-refractivity contribution in [1.29, 1.82) is 0 Å². The van der Waals surface area contributed by atoms with Crippen molar-refractivity contribution in [3.63, 3.8) is 0 Å². The van der Waals surface area contributed by atoms with Crippen molar-refractivity contribution < 1.29 is 19.0 Å². The van der Waals surface area contributed by atoms with Gasteiger partial charge >= 0.3 is 0 Å². The molecule has 0 saturated carbocycles. The second-order valence-electron chi connectivity index (χ2n) is 8.63. The molecule has 7 heteroatoms. The second kappa shape index (κ2) is 8.91. The first kappa shape index (κ1) is 22.1. The quantitative estimate of drug-likeness (QED) is 0.415. The molecule has 0 aliphatic heterocycles. The third-order valence-electron chi connectivity index (χ3n) is 6.43. The normalized spacial score (nSPS) is 15.4. The van der Waals surface area contributed by atoms with Crippen LogP contribution in [0.15, 0.2) is 48.7 Å². The Labute approximate surface area is 198 Å². The Morgan fingerprint density at radius 3 is 2.47 bits per heavy atom. The SMILES string of the molecule is COCc1nn2cc3c(nc2c1-c1ccc(OC)c(OC)c1)CC(c1ccc(C)cc1)CC3=O. The Balaban J connectivity index is 1.64. The molecule has 0 amide bonds. The van der Waals surface area contributed by atoms with Gasteiger partial charge in [0.15, 0.2) is 22.9 Å². The molecule has 2 aromatic carbocycles. The van der Waals surface area contributed by atoms with E-state index in [1.165, 1.54) is 11.1 Å². The van der Waals surface area contributed by atoms with Crippen LogP contribution >= 0.6 is 0 Å². The van der Waals surface area contributed by atoms with Crippen molar-refractivity contribution in [1.82, 2.24) is 14.6 Å². The van der Waals surface area contributed by atoms with E-state index in [0.29, 0.717) is 42.2 Å². The van der Waals surface area contributed by atoms with Gasteiger partial charge in [-0.1, -0.05) is 35.9 Å². The first-order valence-corrected chi connectivity index (χ1v) is 11.2. The van der Waals surface area contributed by atoms with Crippen molar-refractivity contribution in [2.75, 3.05) is 21.3 Å². The summed E-state index contributed by atoms with van der Waals surface area (Å²) in [5, 5.41) is 4.71. The molecule has 34 heavy (non-hydrogen) atoms. The second-order valence-corrected chi connectivity index (χ2v) is 8.63. The number of ether oxygens (including phenoxy) is 3. The highest BCUT2D eigenvalue weighted by atomic mass is 16.5. The van der Waals surface area contributed by atoms with E-state index in [1.54, 1.807) is 25.8 Å². The van der Waals surface area contributed by atoms with Crippen LogP contribution in [0.25, 0.3) is 16.8 Å². The van der Waals surface area contributed by atoms with Crippen LogP contribution in [-0.4, -0.2) is 41.7 Å². The minimum Gasteiger partial charge on any atom is -0.493 e. The molecule has 2 aromatic heterocycles. The molecular formula is C27H27N3O4. The zero-order valence-electron chi connectivity index (χ0n) is 19.8. The van der Waals surface area contributed by atoms with Gasteiger partial charge in [0.2, 0.25) is 0 Å². The predicted molar refractivity (Wildman–Crippen MR) is 129 cm³/mol. The molecule has 2 heterocycles. The van der Waals surface area contributed by atoms with Crippen molar-refractivity contribution in [3.05, 3.63) is 76.7 Å². The van der Waals surface area contributed by atoms with Gasteiger partial charge in [0.1, 0.15) is 0 Å². The zero-order chi connectivity index (χ0) is 23.8. The fourth-order valence-corrected chi connectivity index (χ4v) is 4.68. The molecule has 1 unspecified atom stereocenters. The first-order valence-electron chi connectivity index (χ1n) is 11.2. The number of benzene rings is 2. The lowest BCUT2D eigenvalue weighted by atomic mass is 9.82. The summed E-state index contributed by atoms with van der Waals surface area (Å²) in [5.74, 6) is 1.47. The Hall–Kier alpha value is -3.71. The van der Waals surface area contributed by atoms with Crippen molar-refractivity contribution >= 4 is 11.4 Å². The molecule has 0 bridgehead atoms. The van der Waals surface area contributed by atoms with Gasteiger partial charge < -0.3 is 14.2 Å². The number of fused-ring (bicyclic) bond motifs is 2. The number of aryl methyl sites for hydroxylation is 1. The third-order valence-corrected chi connectivity index (χ3v) is 6.43. The Morgan fingerprint density at radius 1 is 1.00 bits per heavy atom. The fraction of sp³-hybridized carbons (Fsp3) is 0.296. The number of methoxy groups -OCH3 is 3. The van der Waals surface area contributed by atoms with Gasteiger partial charge in [-0.2, -0.15) is 5.10 Å². The third kappa shape index (κ3) is 3.82. The average molecular weight is 458 g/mol. The van der Waals surface area contributed by atoms with Crippen molar-refractivity contribution in [2.24, 2.45) is 0 Å². The summed E-state index contributed by atoms with van der Waals surface area (Å²) in [5.41, 5.74) is 7.00. The van der Waals surface area contributed by atoms with E-state index in [0.717, 1.165) is 22.5 Å². The molecule has 0 spiro atoms. The van der Waals surface area contributed by atoms with Crippen LogP contribution in [0.1, 0.15) is 45.2 Å². The topological polar surface area (TPSA) is 75.0 Å². The molecule has 1 atom stereocenters. The summed E-state index contributed by atoms with van der Waals surface area (Å²) in [7, 11) is 4.86. The summed E-state index contributed by atoms with van der Waals surface area (Å²) in [6, 6.07) is 14.1. The standard InChI is InChI=1S/C27H27N3O4/c1-16-5-7-17(8-6-16)19-11-21-20(23(31)12-19)14-30-27(28-21)26(22(29-30)15-32-2)18-9-10-24(33-3)25(13-18)34-4/h5-10,13-14,19H,11-12,15H2,1-4H3. The lowest BCUT2D eigenvalue weighted by molar-refractivity contribution is 0.0962. The largest absolute Gasteiger partial charge is 0.493 e. The fourth-order valence-electron chi connectivity index (χ4n) is 4.68. The summed E-state index contributed by atoms with van der Waals surface area (Å²) in [6.45, 7) is 2.38. The van der Waals surface area contributed by atoms with Gasteiger partial charge in [0, 0.05) is 19.7 Å². The van der Waals surface area contributed by atoms with Gasteiger partial charge in [-0.3, -0.25) is 4.79 Å². The number of rotatable bonds is 6. The molecular weight excluding hydrogens is 430 g/mol. The molecule has 174 valence electrons. The van der Waals surface area contributed by atoms with E-state index in [2.05, 4.69) is 31.2 Å². The number of carbonyl (C=O) groups excluding carboxylic acids is 1. The number of Topliss-reactive ketones (excluding diaryl/α,β-unsaturated/α-hetero) is 1. The smallest absolute Gasteiger partial charge is 0.166 e. The van der Waals surface area contributed by atoms with Gasteiger partial charge in [-0.25, -0.2) is 9.50 Å². The first-order chi connectivity index (χ1) is 16.5. The highest BCUT2D eigenvalue weighted by Gasteiger charge is 2.29. The molecule has 0 saturated heterocycles. The number of ketones is 1. The molecule has 1 aliphatic rings. The molecule has 7 nitrogen and oxygen atoms in total. The van der Waals surface area contributed by atoms with Crippen molar-refractivity contribution in [3.8, 4) is 22.6 Å². The summed E-state index contributed by atoms with van der Waals surface area (Å²) >= 11 is 0. The van der Waals surface area contributed by atoms with Gasteiger partial charge in [0.05, 0.1) is 43.3 Å². The number of carbonyl (C=O) groups is 1. The zero-order valence-corrected chi connectivity index (χ0v) is 19.8. The lowest BCUT2D eigenvalue weighted by Crippen LogP contribution is -2.21. The van der Waals surface area contributed by atoms with E-state index >= 15 is 0 Å². The monoisotopic (exact) mass is 457 g/mol. The van der Waals surface area contributed by atoms with Gasteiger partial charge in [0.25, 0.3) is 0 Å². The van der Waals surface area contributed by atoms with E-state index in [9.17, 15) is 4.79 Å². The van der Waals surface area contributed by atoms with Crippen LogP contribution in [0.2, 0.25) is 0 Å². The van der Waals surface area contributed by atoms with E-state index < -0.39 is 0 Å². The minimum atomic E-state index is 0.0951. The minimum absolute atomic E-state index is 0.0951. The van der Waals surface area contributed by atoms with E-state index in [-0.39, 0.29) is 11.7 Å². The maximum absolute atomic E-state index is 13.1. The Bertz CT molecular complexity index is 1380. The summed E-state index contributed by atoms with van der Waals surface area (Å²) in [4.78, 5) is 18.1. The van der Waals surface area contributed by atoms with Crippen LogP contribution in [0.5, 0.6) is 11.5 Å². The maximum atomic E-state index is 13.1. The number of nitrogens with zero attached hydrogens (tertiary/aromatic N) is 3. The van der Waals surface area contributed by atoms with E-state index in [4.69, 9.17) is 24.3 Å². The van der Waals surface area contributed by atoms with Gasteiger partial charge in [-0.15, -0.1) is 0 Å².